The molecular weight excluding hydrogens is 562 g/mol. The van der Waals surface area contributed by atoms with Crippen LogP contribution < -0.4 is 21.7 Å². The fourth-order valence-electron chi connectivity index (χ4n) is 5.64. The molecule has 3 amide bonds. The van der Waals surface area contributed by atoms with Gasteiger partial charge in [0.05, 0.1) is 22.7 Å². The second-order valence-corrected chi connectivity index (χ2v) is 12.5. The Morgan fingerprint density at radius 3 is 2.41 bits per heavy atom. The first-order valence-electron chi connectivity index (χ1n) is 15.5. The molecule has 4 atom stereocenters. The topological polar surface area (TPSA) is 173 Å². The van der Waals surface area contributed by atoms with E-state index >= 15 is 0 Å². The lowest BCUT2D eigenvalue weighted by Crippen LogP contribution is -2.57. The highest BCUT2D eigenvalue weighted by atomic mass is 16.5. The lowest BCUT2D eigenvalue weighted by atomic mass is 9.71. The van der Waals surface area contributed by atoms with Crippen molar-refractivity contribution in [2.45, 2.75) is 96.6 Å². The van der Waals surface area contributed by atoms with Crippen molar-refractivity contribution in [2.24, 2.45) is 17.1 Å². The number of nitrogens with two attached hydrogens (primary N) is 1. The number of fused-ring (bicyclic) bond motifs is 2. The van der Waals surface area contributed by atoms with E-state index < -0.39 is 47.6 Å². The van der Waals surface area contributed by atoms with E-state index in [1.165, 1.54) is 0 Å². The van der Waals surface area contributed by atoms with E-state index in [1.807, 2.05) is 56.3 Å². The van der Waals surface area contributed by atoms with Gasteiger partial charge in [0.25, 0.3) is 0 Å². The van der Waals surface area contributed by atoms with Crippen LogP contribution >= 0.6 is 0 Å². The minimum absolute atomic E-state index is 0.247. The van der Waals surface area contributed by atoms with Gasteiger partial charge in [0.2, 0.25) is 17.7 Å². The summed E-state index contributed by atoms with van der Waals surface area (Å²) in [6.07, 6.45) is 5.11. The van der Waals surface area contributed by atoms with E-state index in [0.717, 1.165) is 10.9 Å². The Bertz CT molecular complexity index is 1400. The quantitative estimate of drug-likeness (QED) is 0.308. The molecule has 1 aliphatic heterocycles. The molecule has 1 fully saturated rings. The number of rotatable bonds is 1. The number of hydrogen-bond donors (Lipinski definition) is 5. The monoisotopic (exact) mass is 607 g/mol. The number of amides is 3. The number of benzene rings is 1. The average molecular weight is 608 g/mol. The van der Waals surface area contributed by atoms with Gasteiger partial charge in [-0.1, -0.05) is 44.2 Å². The first kappa shape index (κ1) is 33.1. The van der Waals surface area contributed by atoms with E-state index in [1.54, 1.807) is 13.8 Å². The van der Waals surface area contributed by atoms with Crippen molar-refractivity contribution in [1.29, 1.82) is 0 Å². The van der Waals surface area contributed by atoms with Gasteiger partial charge in [-0.25, -0.2) is 4.98 Å². The molecule has 1 aromatic heterocycles. The van der Waals surface area contributed by atoms with Gasteiger partial charge in [-0.2, -0.15) is 0 Å². The second-order valence-electron chi connectivity index (χ2n) is 12.5. The maximum absolute atomic E-state index is 13.9. The summed E-state index contributed by atoms with van der Waals surface area (Å²) < 4.78 is 5.61. The number of esters is 1. The van der Waals surface area contributed by atoms with Crippen LogP contribution in [0.5, 0.6) is 0 Å². The van der Waals surface area contributed by atoms with Gasteiger partial charge >= 0.3 is 5.97 Å². The number of ether oxygens (including phenoxy) is 1. The molecule has 0 unspecified atom stereocenters. The molecule has 4 rings (SSSR count). The Hall–Kier alpha value is -3.83. The molecule has 44 heavy (non-hydrogen) atoms. The molecule has 0 radical (unpaired) electrons. The van der Waals surface area contributed by atoms with Crippen LogP contribution in [0.4, 0.5) is 0 Å². The lowest BCUT2D eigenvalue weighted by Gasteiger charge is -2.37. The van der Waals surface area contributed by atoms with Gasteiger partial charge in [-0.3, -0.25) is 19.2 Å². The SMILES string of the molecule is CC(C)[C@@H]1NC(=O)[C@]2(/C=C/c3ccc4ccc(nc4c3)[C@@H](C)OC(=O)[C@@H](N)CCCNC(=O)[C@H](C)NC1=O)CC[C@H](O)CC2. The number of nitrogens with one attached hydrogen (secondary N) is 3. The van der Waals surface area contributed by atoms with Crippen molar-refractivity contribution >= 4 is 40.7 Å². The van der Waals surface area contributed by atoms with Gasteiger partial charge in [0.15, 0.2) is 0 Å². The Kier molecular flexibility index (Phi) is 10.7. The molecular formula is C33H45N5O6. The van der Waals surface area contributed by atoms with Gasteiger partial charge < -0.3 is 31.5 Å². The van der Waals surface area contributed by atoms with Crippen LogP contribution in [0.15, 0.2) is 36.4 Å². The van der Waals surface area contributed by atoms with Crippen LogP contribution in [0.2, 0.25) is 0 Å². The number of carbonyl (C=O) groups is 4. The normalized spacial score (nSPS) is 30.6. The molecule has 11 nitrogen and oxygen atoms in total. The third-order valence-electron chi connectivity index (χ3n) is 8.62. The van der Waals surface area contributed by atoms with Crippen LogP contribution in [0.3, 0.4) is 0 Å². The minimum atomic E-state index is -0.934. The molecule has 1 aliphatic carbocycles. The number of carbonyl (C=O) groups excluding carboxylic acids is 4. The molecule has 1 saturated carbocycles. The molecule has 1 spiro atoms. The van der Waals surface area contributed by atoms with Crippen molar-refractivity contribution in [1.82, 2.24) is 20.9 Å². The molecule has 6 N–H and O–H groups in total. The predicted molar refractivity (Wildman–Crippen MR) is 167 cm³/mol. The number of aliphatic hydroxyl groups excluding tert-OH is 1. The smallest absolute Gasteiger partial charge is 0.323 e. The highest BCUT2D eigenvalue weighted by molar-refractivity contribution is 5.94. The predicted octanol–water partition coefficient (Wildman–Crippen LogP) is 2.66. The molecule has 238 valence electrons. The van der Waals surface area contributed by atoms with Crippen molar-refractivity contribution in [2.75, 3.05) is 6.54 Å². The first-order valence-corrected chi connectivity index (χ1v) is 15.5. The Balaban J connectivity index is 1.69. The van der Waals surface area contributed by atoms with Crippen LogP contribution in [-0.2, 0) is 23.9 Å². The number of hydrogen-bond acceptors (Lipinski definition) is 8. The third kappa shape index (κ3) is 8.00. The molecule has 1 aromatic carbocycles. The van der Waals surface area contributed by atoms with Gasteiger partial charge in [-0.15, -0.1) is 0 Å². The van der Waals surface area contributed by atoms with E-state index in [2.05, 4.69) is 16.0 Å². The fraction of sp³-hybridized carbons (Fsp3) is 0.545. The first-order chi connectivity index (χ1) is 20.9. The molecule has 11 heteroatoms. The van der Waals surface area contributed by atoms with Gasteiger partial charge in [0.1, 0.15) is 24.2 Å². The highest BCUT2D eigenvalue weighted by Crippen LogP contribution is 2.39. The summed E-state index contributed by atoms with van der Waals surface area (Å²) in [7, 11) is 0. The molecule has 3 bridgehead atoms. The summed E-state index contributed by atoms with van der Waals surface area (Å²) in [4.78, 5) is 57.3. The second kappa shape index (κ2) is 14.3. The van der Waals surface area contributed by atoms with Crippen molar-refractivity contribution < 1.29 is 29.0 Å². The largest absolute Gasteiger partial charge is 0.455 e. The van der Waals surface area contributed by atoms with E-state index in [9.17, 15) is 24.3 Å². The highest BCUT2D eigenvalue weighted by Gasteiger charge is 2.41. The molecule has 2 aliphatic rings. The third-order valence-corrected chi connectivity index (χ3v) is 8.62. The fourth-order valence-corrected chi connectivity index (χ4v) is 5.64. The van der Waals surface area contributed by atoms with Crippen molar-refractivity contribution in [3.63, 3.8) is 0 Å². The number of nitrogens with zero attached hydrogens (tertiary/aromatic N) is 1. The van der Waals surface area contributed by atoms with Crippen LogP contribution in [0, 0.1) is 11.3 Å². The lowest BCUT2D eigenvalue weighted by molar-refractivity contribution is -0.150. The number of aliphatic hydroxyl groups is 1. The van der Waals surface area contributed by atoms with E-state index in [-0.39, 0.29) is 24.3 Å². The van der Waals surface area contributed by atoms with Crippen LogP contribution in [0.25, 0.3) is 17.0 Å². The van der Waals surface area contributed by atoms with E-state index in [0.29, 0.717) is 49.7 Å². The Morgan fingerprint density at radius 1 is 1.00 bits per heavy atom. The Labute approximate surface area is 258 Å². The number of aromatic nitrogens is 1. The zero-order valence-electron chi connectivity index (χ0n) is 26.0. The summed E-state index contributed by atoms with van der Waals surface area (Å²) >= 11 is 0. The number of pyridine rings is 1. The maximum Gasteiger partial charge on any atom is 0.323 e. The molecule has 2 aromatic rings. The van der Waals surface area contributed by atoms with Gasteiger partial charge in [0, 0.05) is 11.9 Å². The van der Waals surface area contributed by atoms with Gasteiger partial charge in [-0.05, 0) is 76.0 Å². The van der Waals surface area contributed by atoms with Crippen LogP contribution in [0.1, 0.15) is 83.6 Å². The molecule has 2 heterocycles. The Morgan fingerprint density at radius 2 is 1.70 bits per heavy atom. The number of cyclic esters (lactones) is 1. The minimum Gasteiger partial charge on any atom is -0.455 e. The van der Waals surface area contributed by atoms with Crippen molar-refractivity contribution in [3.8, 4) is 0 Å². The summed E-state index contributed by atoms with van der Waals surface area (Å²) in [5.41, 5.74) is 7.24. The summed E-state index contributed by atoms with van der Waals surface area (Å²) in [6, 6.07) is 6.92. The maximum atomic E-state index is 13.9. The van der Waals surface area contributed by atoms with Crippen molar-refractivity contribution in [3.05, 3.63) is 47.7 Å². The van der Waals surface area contributed by atoms with Crippen LogP contribution in [-0.4, -0.2) is 64.6 Å². The summed E-state index contributed by atoms with van der Waals surface area (Å²) in [6.45, 7) is 7.24. The standard InChI is InChI=1S/C33H45N5O6/c1-19(2)28-30(41)36-20(3)29(40)35-17-5-6-25(34)31(42)44-21(4)26-10-9-23-8-7-22(18-27(23)37-26)11-14-33(32(43)38-28)15-12-24(39)13-16-33/h7-11,14,18-21,24-25,28,39H,5-6,12-13,15-17,34H2,1-4H3,(H,35,40)(H,36,41)(H,38,43)/b14-11+/t20-,21+,24-,25-,28-,33+/m0/s1. The average Bonchev–Trinajstić information content (AvgIpc) is 3.00. The summed E-state index contributed by atoms with van der Waals surface area (Å²) in [5, 5.41) is 19.6. The molecule has 0 saturated heterocycles. The zero-order valence-corrected chi connectivity index (χ0v) is 26.0. The summed E-state index contributed by atoms with van der Waals surface area (Å²) in [5.74, 6) is -1.94. The zero-order chi connectivity index (χ0) is 32.0. The van der Waals surface area contributed by atoms with E-state index in [4.69, 9.17) is 15.5 Å².